The van der Waals surface area contributed by atoms with E-state index in [4.69, 9.17) is 0 Å². The maximum atomic E-state index is 12.7. The number of amides is 1. The molecule has 2 aliphatic rings. The molecule has 2 aromatic carbocycles. The van der Waals surface area contributed by atoms with Gasteiger partial charge in [0.1, 0.15) is 6.04 Å². The summed E-state index contributed by atoms with van der Waals surface area (Å²) >= 11 is 0. The third-order valence-corrected chi connectivity index (χ3v) is 4.77. The second-order valence-corrected chi connectivity index (χ2v) is 6.22. The fourth-order valence-corrected chi connectivity index (χ4v) is 3.68. The van der Waals surface area contributed by atoms with E-state index < -0.39 is 0 Å². The monoisotopic (exact) mass is 328 g/mol. The molecule has 0 saturated heterocycles. The van der Waals surface area contributed by atoms with Crippen molar-refractivity contribution in [1.29, 1.82) is 0 Å². The quantitative estimate of drug-likeness (QED) is 0.889. The highest BCUT2D eigenvalue weighted by molar-refractivity contribution is 5.85. The highest BCUT2D eigenvalue weighted by Gasteiger charge is 2.29. The fourth-order valence-electron chi connectivity index (χ4n) is 3.68. The van der Waals surface area contributed by atoms with Crippen molar-refractivity contribution in [2.75, 3.05) is 6.54 Å². The third kappa shape index (κ3) is 3.12. The lowest BCUT2D eigenvalue weighted by molar-refractivity contribution is -0.124. The molecular weight excluding hydrogens is 308 g/mol. The number of hydrogen-bond acceptors (Lipinski definition) is 2. The molecule has 1 amide bonds. The standard InChI is InChI=1S/C19H20N2O.ClH/c22-19(18-17-8-4-3-5-13(17)9-10-20-18)21-16-11-14-6-1-2-7-15(14)12-16;/h1-8,16,18,20H,9-12H2,(H,21,22);1H. The van der Waals surface area contributed by atoms with Crippen LogP contribution < -0.4 is 10.6 Å². The number of halogens is 1. The predicted molar refractivity (Wildman–Crippen MR) is 93.9 cm³/mol. The molecule has 2 N–H and O–H groups in total. The van der Waals surface area contributed by atoms with E-state index >= 15 is 0 Å². The maximum Gasteiger partial charge on any atom is 0.241 e. The van der Waals surface area contributed by atoms with Crippen molar-refractivity contribution >= 4 is 18.3 Å². The molecule has 0 saturated carbocycles. The lowest BCUT2D eigenvalue weighted by Gasteiger charge is -2.27. The van der Waals surface area contributed by atoms with Gasteiger partial charge in [0.05, 0.1) is 0 Å². The van der Waals surface area contributed by atoms with Gasteiger partial charge < -0.3 is 10.6 Å². The van der Waals surface area contributed by atoms with Crippen LogP contribution in [0.2, 0.25) is 0 Å². The largest absolute Gasteiger partial charge is 0.351 e. The maximum absolute atomic E-state index is 12.7. The SMILES string of the molecule is Cl.O=C(NC1Cc2ccccc2C1)C1NCCc2ccccc21. The van der Waals surface area contributed by atoms with E-state index in [9.17, 15) is 4.79 Å². The van der Waals surface area contributed by atoms with Crippen LogP contribution in [0.15, 0.2) is 48.5 Å². The van der Waals surface area contributed by atoms with E-state index in [1.807, 2.05) is 12.1 Å². The average molecular weight is 329 g/mol. The van der Waals surface area contributed by atoms with Crippen LogP contribution in [0.1, 0.15) is 28.3 Å². The van der Waals surface area contributed by atoms with E-state index in [-0.39, 0.29) is 30.4 Å². The van der Waals surface area contributed by atoms with Crippen LogP contribution in [0.25, 0.3) is 0 Å². The van der Waals surface area contributed by atoms with Gasteiger partial charge in [0.2, 0.25) is 5.91 Å². The number of fused-ring (bicyclic) bond motifs is 2. The van der Waals surface area contributed by atoms with Gasteiger partial charge in [-0.25, -0.2) is 0 Å². The first-order valence-corrected chi connectivity index (χ1v) is 7.99. The molecular formula is C19H21ClN2O. The number of carbonyl (C=O) groups excluding carboxylic acids is 1. The minimum Gasteiger partial charge on any atom is -0.351 e. The lowest BCUT2D eigenvalue weighted by atomic mass is 9.93. The second-order valence-electron chi connectivity index (χ2n) is 6.22. The molecule has 1 unspecified atom stereocenters. The average Bonchev–Trinajstić information content (AvgIpc) is 2.96. The van der Waals surface area contributed by atoms with Gasteiger partial charge in [0, 0.05) is 12.6 Å². The van der Waals surface area contributed by atoms with Crippen LogP contribution in [-0.2, 0) is 24.1 Å². The van der Waals surface area contributed by atoms with Crippen molar-refractivity contribution in [3.63, 3.8) is 0 Å². The Kier molecular flexibility index (Phi) is 4.69. The Labute approximate surface area is 142 Å². The summed E-state index contributed by atoms with van der Waals surface area (Å²) in [6.45, 7) is 0.861. The van der Waals surface area contributed by atoms with Crippen LogP contribution in [-0.4, -0.2) is 18.5 Å². The van der Waals surface area contributed by atoms with Crippen LogP contribution in [0.4, 0.5) is 0 Å². The minimum absolute atomic E-state index is 0. The Morgan fingerprint density at radius 2 is 1.57 bits per heavy atom. The van der Waals surface area contributed by atoms with Gasteiger partial charge >= 0.3 is 0 Å². The number of hydrogen-bond donors (Lipinski definition) is 2. The molecule has 4 rings (SSSR count). The summed E-state index contributed by atoms with van der Waals surface area (Å²) in [5.74, 6) is 0.102. The molecule has 3 nitrogen and oxygen atoms in total. The zero-order chi connectivity index (χ0) is 14.9. The fraction of sp³-hybridized carbons (Fsp3) is 0.316. The van der Waals surface area contributed by atoms with Crippen LogP contribution >= 0.6 is 12.4 Å². The number of rotatable bonds is 2. The van der Waals surface area contributed by atoms with E-state index in [1.165, 1.54) is 16.7 Å². The van der Waals surface area contributed by atoms with Crippen molar-refractivity contribution in [2.45, 2.75) is 31.3 Å². The van der Waals surface area contributed by atoms with Crippen molar-refractivity contribution in [3.05, 3.63) is 70.8 Å². The molecule has 0 aromatic heterocycles. The molecule has 0 bridgehead atoms. The van der Waals surface area contributed by atoms with Crippen LogP contribution in [0.5, 0.6) is 0 Å². The normalized spacial score (nSPS) is 19.4. The van der Waals surface area contributed by atoms with Crippen LogP contribution in [0, 0.1) is 0 Å². The molecule has 1 aliphatic heterocycles. The molecule has 23 heavy (non-hydrogen) atoms. The number of nitrogens with one attached hydrogen (secondary N) is 2. The van der Waals surface area contributed by atoms with Gasteiger partial charge in [-0.15, -0.1) is 12.4 Å². The summed E-state index contributed by atoms with van der Waals surface area (Å²) in [4.78, 5) is 12.7. The first-order valence-electron chi connectivity index (χ1n) is 7.99. The van der Waals surface area contributed by atoms with Crippen molar-refractivity contribution in [2.24, 2.45) is 0 Å². The summed E-state index contributed by atoms with van der Waals surface area (Å²) in [5.41, 5.74) is 5.15. The summed E-state index contributed by atoms with van der Waals surface area (Å²) in [7, 11) is 0. The molecule has 120 valence electrons. The van der Waals surface area contributed by atoms with Crippen molar-refractivity contribution < 1.29 is 4.79 Å². The Morgan fingerprint density at radius 1 is 0.957 bits per heavy atom. The molecule has 1 heterocycles. The summed E-state index contributed by atoms with van der Waals surface area (Å²) in [6, 6.07) is 16.7. The molecule has 2 aromatic rings. The number of carbonyl (C=O) groups is 1. The highest BCUT2D eigenvalue weighted by Crippen LogP contribution is 2.25. The van der Waals surface area contributed by atoms with E-state index in [1.54, 1.807) is 0 Å². The third-order valence-electron chi connectivity index (χ3n) is 4.77. The summed E-state index contributed by atoms with van der Waals surface area (Å²) < 4.78 is 0. The first kappa shape index (κ1) is 16.0. The van der Waals surface area contributed by atoms with Gasteiger partial charge in [-0.1, -0.05) is 48.5 Å². The topological polar surface area (TPSA) is 41.1 Å². The Balaban J connectivity index is 0.00000156. The van der Waals surface area contributed by atoms with E-state index in [0.29, 0.717) is 0 Å². The number of benzene rings is 2. The Morgan fingerprint density at radius 3 is 2.26 bits per heavy atom. The van der Waals surface area contributed by atoms with Gasteiger partial charge in [0.15, 0.2) is 0 Å². The molecule has 4 heteroatoms. The zero-order valence-electron chi connectivity index (χ0n) is 12.9. The Hall–Kier alpha value is -1.84. The molecule has 0 radical (unpaired) electrons. The smallest absolute Gasteiger partial charge is 0.241 e. The lowest BCUT2D eigenvalue weighted by Crippen LogP contribution is -2.45. The first-order chi connectivity index (χ1) is 10.8. The van der Waals surface area contributed by atoms with Gasteiger partial charge in [-0.05, 0) is 41.5 Å². The minimum atomic E-state index is -0.214. The van der Waals surface area contributed by atoms with Gasteiger partial charge in [0.25, 0.3) is 0 Å². The van der Waals surface area contributed by atoms with Crippen molar-refractivity contribution in [1.82, 2.24) is 10.6 Å². The van der Waals surface area contributed by atoms with E-state index in [0.717, 1.165) is 31.4 Å². The highest BCUT2D eigenvalue weighted by atomic mass is 35.5. The summed E-state index contributed by atoms with van der Waals surface area (Å²) in [5, 5.41) is 6.59. The predicted octanol–water partition coefficient (Wildman–Crippen LogP) is 2.58. The zero-order valence-corrected chi connectivity index (χ0v) is 13.7. The molecule has 1 aliphatic carbocycles. The molecule has 0 spiro atoms. The summed E-state index contributed by atoms with van der Waals surface area (Å²) in [6.07, 6.45) is 2.88. The molecule has 1 atom stereocenters. The van der Waals surface area contributed by atoms with Gasteiger partial charge in [-0.2, -0.15) is 0 Å². The second kappa shape index (κ2) is 6.73. The van der Waals surface area contributed by atoms with E-state index in [2.05, 4.69) is 47.0 Å². The van der Waals surface area contributed by atoms with Crippen LogP contribution in [0.3, 0.4) is 0 Å². The van der Waals surface area contributed by atoms with Crippen molar-refractivity contribution in [3.8, 4) is 0 Å². The Bertz CT molecular complexity index is 691. The molecule has 0 fully saturated rings. The van der Waals surface area contributed by atoms with Gasteiger partial charge in [-0.3, -0.25) is 4.79 Å².